The molecule has 0 unspecified atom stereocenters. The van der Waals surface area contributed by atoms with Gasteiger partial charge in [0, 0.05) is 41.9 Å². The van der Waals surface area contributed by atoms with Gasteiger partial charge >= 0.3 is 0 Å². The van der Waals surface area contributed by atoms with Gasteiger partial charge in [-0.15, -0.1) is 11.3 Å². The summed E-state index contributed by atoms with van der Waals surface area (Å²) in [5, 5.41) is 14.5. The van der Waals surface area contributed by atoms with Crippen molar-refractivity contribution in [1.29, 1.82) is 0 Å². The summed E-state index contributed by atoms with van der Waals surface area (Å²) < 4.78 is 0. The Kier molecular flexibility index (Phi) is 5.78. The Balaban J connectivity index is 1.49. The van der Waals surface area contributed by atoms with Gasteiger partial charge in [-0.1, -0.05) is 12.1 Å². The van der Waals surface area contributed by atoms with Crippen molar-refractivity contribution in [3.63, 3.8) is 0 Å². The number of nitro groups is 1. The van der Waals surface area contributed by atoms with Gasteiger partial charge in [-0.25, -0.2) is 0 Å². The number of nitrogens with one attached hydrogen (secondary N) is 1. The maximum atomic E-state index is 11.5. The lowest BCUT2D eigenvalue weighted by molar-refractivity contribution is -0.384. The molecule has 0 aliphatic carbocycles. The van der Waals surface area contributed by atoms with Crippen molar-refractivity contribution in [2.24, 2.45) is 0 Å². The molecule has 1 aromatic heterocycles. The first-order valence-electron chi connectivity index (χ1n) is 8.46. The minimum absolute atomic E-state index is 0.138. The van der Waals surface area contributed by atoms with Crippen LogP contribution in [0.1, 0.15) is 24.1 Å². The van der Waals surface area contributed by atoms with Gasteiger partial charge in [-0.05, 0) is 37.6 Å². The third-order valence-electron chi connectivity index (χ3n) is 4.28. The van der Waals surface area contributed by atoms with Crippen molar-refractivity contribution in [3.05, 3.63) is 51.4 Å². The summed E-state index contributed by atoms with van der Waals surface area (Å²) in [4.78, 5) is 26.3. The molecule has 0 radical (unpaired) electrons. The number of likely N-dealkylation sites (tertiary alicyclic amines) is 1. The fourth-order valence-corrected chi connectivity index (χ4v) is 4.02. The number of thiophene rings is 1. The Hall–Kier alpha value is -2.25. The third-order valence-corrected chi connectivity index (χ3v) is 5.40. The zero-order valence-electron chi connectivity index (χ0n) is 13.9. The molecule has 0 saturated carbocycles. The molecule has 0 atom stereocenters. The predicted octanol–water partition coefficient (Wildman–Crippen LogP) is 3.43. The fraction of sp³-hybridized carbons (Fsp3) is 0.389. The normalized spacial score (nSPS) is 14.2. The van der Waals surface area contributed by atoms with E-state index >= 15 is 0 Å². The molecule has 2 heterocycles. The third kappa shape index (κ3) is 4.43. The summed E-state index contributed by atoms with van der Waals surface area (Å²) in [5.74, 6) is 0.271. The fourth-order valence-electron chi connectivity index (χ4n) is 3.01. The Morgan fingerprint density at radius 3 is 2.84 bits per heavy atom. The number of hydrogen-bond acceptors (Lipinski definition) is 5. The minimum atomic E-state index is -0.341. The molecule has 1 aromatic carbocycles. The van der Waals surface area contributed by atoms with E-state index in [1.165, 1.54) is 6.07 Å². The van der Waals surface area contributed by atoms with E-state index in [1.54, 1.807) is 23.5 Å². The molecule has 3 rings (SSSR count). The lowest BCUT2D eigenvalue weighted by Gasteiger charge is -2.15. The number of rotatable bonds is 8. The van der Waals surface area contributed by atoms with E-state index in [9.17, 15) is 14.9 Å². The van der Waals surface area contributed by atoms with Gasteiger partial charge in [0.15, 0.2) is 0 Å². The van der Waals surface area contributed by atoms with Crippen LogP contribution >= 0.6 is 11.3 Å². The summed E-state index contributed by atoms with van der Waals surface area (Å²) in [6.45, 7) is 3.29. The SMILES string of the molecule is O=C1CCCN1CCCNCc1ccc(-c2ccccc2[N+](=O)[O-])s1. The zero-order chi connectivity index (χ0) is 17.6. The lowest BCUT2D eigenvalue weighted by Crippen LogP contribution is -2.28. The largest absolute Gasteiger partial charge is 0.343 e. The van der Waals surface area contributed by atoms with Crippen LogP contribution in [0.25, 0.3) is 10.4 Å². The van der Waals surface area contributed by atoms with E-state index in [1.807, 2.05) is 23.1 Å². The molecule has 2 aromatic rings. The molecular formula is C18H21N3O3S. The molecule has 1 aliphatic heterocycles. The van der Waals surface area contributed by atoms with Crippen LogP contribution in [0, 0.1) is 10.1 Å². The molecule has 1 aliphatic rings. The van der Waals surface area contributed by atoms with Gasteiger partial charge in [-0.2, -0.15) is 0 Å². The second-order valence-electron chi connectivity index (χ2n) is 6.05. The maximum absolute atomic E-state index is 11.5. The quantitative estimate of drug-likeness (QED) is 0.445. The number of nitrogens with zero attached hydrogens (tertiary/aromatic N) is 2. The Morgan fingerprint density at radius 1 is 1.24 bits per heavy atom. The van der Waals surface area contributed by atoms with E-state index < -0.39 is 0 Å². The number of benzene rings is 1. The van der Waals surface area contributed by atoms with Crippen molar-refractivity contribution >= 4 is 22.9 Å². The molecule has 6 nitrogen and oxygen atoms in total. The van der Waals surface area contributed by atoms with Gasteiger partial charge in [-0.3, -0.25) is 14.9 Å². The van der Waals surface area contributed by atoms with Gasteiger partial charge in [0.1, 0.15) is 0 Å². The molecule has 1 N–H and O–H groups in total. The smallest absolute Gasteiger partial charge is 0.278 e. The molecule has 1 amide bonds. The monoisotopic (exact) mass is 359 g/mol. The number of carbonyl (C=O) groups is 1. The van der Waals surface area contributed by atoms with Crippen molar-refractivity contribution in [2.45, 2.75) is 25.8 Å². The standard InChI is InChI=1S/C18H21N3O3S/c22-18-7-3-11-20(18)12-4-10-19-13-14-8-9-17(25-14)15-5-1-2-6-16(15)21(23)24/h1-2,5-6,8-9,19H,3-4,7,10-13H2. The topological polar surface area (TPSA) is 75.5 Å². The molecule has 132 valence electrons. The first-order valence-corrected chi connectivity index (χ1v) is 9.28. The van der Waals surface area contributed by atoms with Crippen LogP contribution in [0.4, 0.5) is 5.69 Å². The molecule has 0 bridgehead atoms. The summed E-state index contributed by atoms with van der Waals surface area (Å²) in [6, 6.07) is 10.8. The summed E-state index contributed by atoms with van der Waals surface area (Å²) in [7, 11) is 0. The first-order chi connectivity index (χ1) is 12.1. The zero-order valence-corrected chi connectivity index (χ0v) is 14.8. The van der Waals surface area contributed by atoms with E-state index in [4.69, 9.17) is 0 Å². The Labute approximate surface area is 150 Å². The van der Waals surface area contributed by atoms with Gasteiger partial charge in [0.25, 0.3) is 5.69 Å². The average Bonchev–Trinajstić information content (AvgIpc) is 3.24. The van der Waals surface area contributed by atoms with Crippen LogP contribution in [0.3, 0.4) is 0 Å². The first kappa shape index (κ1) is 17.6. The van der Waals surface area contributed by atoms with Crippen LogP contribution in [0.15, 0.2) is 36.4 Å². The van der Waals surface area contributed by atoms with Gasteiger partial charge in [0.05, 0.1) is 10.5 Å². The average molecular weight is 359 g/mol. The predicted molar refractivity (Wildman–Crippen MR) is 98.5 cm³/mol. The molecule has 1 fully saturated rings. The summed E-state index contributed by atoms with van der Waals surface area (Å²) in [6.07, 6.45) is 2.61. The van der Waals surface area contributed by atoms with Crippen molar-refractivity contribution in [2.75, 3.05) is 19.6 Å². The number of amides is 1. The number of carbonyl (C=O) groups excluding carboxylic acids is 1. The molecule has 7 heteroatoms. The highest BCUT2D eigenvalue weighted by Gasteiger charge is 2.19. The Morgan fingerprint density at radius 2 is 2.08 bits per heavy atom. The number of nitro benzene ring substituents is 1. The molecule has 0 spiro atoms. The molecular weight excluding hydrogens is 338 g/mol. The molecule has 25 heavy (non-hydrogen) atoms. The van der Waals surface area contributed by atoms with E-state index in [-0.39, 0.29) is 16.5 Å². The van der Waals surface area contributed by atoms with E-state index in [0.717, 1.165) is 48.8 Å². The second-order valence-corrected chi connectivity index (χ2v) is 7.22. The van der Waals surface area contributed by atoms with Crippen LogP contribution in [0.2, 0.25) is 0 Å². The van der Waals surface area contributed by atoms with Crippen molar-refractivity contribution in [1.82, 2.24) is 10.2 Å². The van der Waals surface area contributed by atoms with Crippen molar-refractivity contribution < 1.29 is 9.72 Å². The van der Waals surface area contributed by atoms with Crippen LogP contribution < -0.4 is 5.32 Å². The number of para-hydroxylation sites is 1. The van der Waals surface area contributed by atoms with Crippen LogP contribution in [-0.2, 0) is 11.3 Å². The Bertz CT molecular complexity index is 760. The maximum Gasteiger partial charge on any atom is 0.278 e. The highest BCUT2D eigenvalue weighted by atomic mass is 32.1. The van der Waals surface area contributed by atoms with E-state index in [0.29, 0.717) is 12.0 Å². The molecule has 1 saturated heterocycles. The summed E-state index contributed by atoms with van der Waals surface area (Å²) in [5.41, 5.74) is 0.801. The van der Waals surface area contributed by atoms with Crippen LogP contribution in [-0.4, -0.2) is 35.4 Å². The van der Waals surface area contributed by atoms with Crippen molar-refractivity contribution in [3.8, 4) is 10.4 Å². The lowest BCUT2D eigenvalue weighted by atomic mass is 10.1. The second kappa shape index (κ2) is 8.22. The van der Waals surface area contributed by atoms with Crippen LogP contribution in [0.5, 0.6) is 0 Å². The van der Waals surface area contributed by atoms with Gasteiger partial charge < -0.3 is 10.2 Å². The minimum Gasteiger partial charge on any atom is -0.343 e. The highest BCUT2D eigenvalue weighted by molar-refractivity contribution is 7.15. The van der Waals surface area contributed by atoms with Gasteiger partial charge in [0.2, 0.25) is 5.91 Å². The summed E-state index contributed by atoms with van der Waals surface area (Å²) >= 11 is 1.57. The van der Waals surface area contributed by atoms with E-state index in [2.05, 4.69) is 5.32 Å². The number of hydrogen-bond donors (Lipinski definition) is 1. The highest BCUT2D eigenvalue weighted by Crippen LogP contribution is 2.34.